The maximum absolute atomic E-state index is 5.80. The van der Waals surface area contributed by atoms with E-state index in [0.29, 0.717) is 6.04 Å². The first-order chi connectivity index (χ1) is 9.58. The molecule has 0 atom stereocenters. The molecule has 112 valence electrons. The number of ether oxygens (including phenoxy) is 2. The minimum Gasteiger partial charge on any atom is -0.348 e. The molecule has 1 aliphatic heterocycles. The van der Waals surface area contributed by atoms with Crippen molar-refractivity contribution < 1.29 is 9.47 Å². The quantitative estimate of drug-likeness (QED) is 0.859. The molecule has 0 N–H and O–H groups in total. The Kier molecular flexibility index (Phi) is 4.13. The van der Waals surface area contributed by atoms with Crippen molar-refractivity contribution in [2.45, 2.75) is 57.9 Å². The van der Waals surface area contributed by atoms with Gasteiger partial charge in [-0.2, -0.15) is 0 Å². The average Bonchev–Trinajstić information content (AvgIpc) is 2.99. The summed E-state index contributed by atoms with van der Waals surface area (Å²) in [4.78, 5) is 8.42. The Bertz CT molecular complexity index is 439. The van der Waals surface area contributed by atoms with Gasteiger partial charge < -0.3 is 9.47 Å². The summed E-state index contributed by atoms with van der Waals surface area (Å²) < 4.78 is 11.6. The summed E-state index contributed by atoms with van der Waals surface area (Å²) >= 11 is 1.82. The van der Waals surface area contributed by atoms with Crippen molar-refractivity contribution in [2.24, 2.45) is 0 Å². The van der Waals surface area contributed by atoms with E-state index in [1.165, 1.54) is 15.6 Å². The number of aromatic nitrogens is 1. The highest BCUT2D eigenvalue weighted by atomic mass is 32.1. The van der Waals surface area contributed by atoms with Gasteiger partial charge in [-0.15, -0.1) is 11.3 Å². The fourth-order valence-corrected chi connectivity index (χ4v) is 4.22. The second kappa shape index (κ2) is 5.72. The first-order valence-electron chi connectivity index (χ1n) is 7.49. The number of nitrogens with zero attached hydrogens (tertiary/aromatic N) is 2. The first kappa shape index (κ1) is 14.4. The van der Waals surface area contributed by atoms with Gasteiger partial charge in [0.2, 0.25) is 0 Å². The molecule has 2 aliphatic rings. The summed E-state index contributed by atoms with van der Waals surface area (Å²) in [6, 6.07) is 0.623. The summed E-state index contributed by atoms with van der Waals surface area (Å²) in [5.74, 6) is -0.244. The van der Waals surface area contributed by atoms with Crippen LogP contribution >= 0.6 is 11.3 Å². The molecular formula is C15H24N2O2S. The van der Waals surface area contributed by atoms with Crippen molar-refractivity contribution in [3.63, 3.8) is 0 Å². The molecule has 3 rings (SSSR count). The largest absolute Gasteiger partial charge is 0.348 e. The summed E-state index contributed by atoms with van der Waals surface area (Å²) in [5, 5.41) is 1.23. The number of thiazole rings is 1. The molecule has 5 heteroatoms. The first-order valence-corrected chi connectivity index (χ1v) is 8.31. The van der Waals surface area contributed by atoms with Crippen LogP contribution in [0, 0.1) is 13.8 Å². The van der Waals surface area contributed by atoms with Gasteiger partial charge in [0.05, 0.1) is 25.5 Å². The van der Waals surface area contributed by atoms with E-state index in [0.717, 1.165) is 45.4 Å². The van der Waals surface area contributed by atoms with E-state index in [1.807, 2.05) is 11.3 Å². The van der Waals surface area contributed by atoms with Crippen LogP contribution < -0.4 is 0 Å². The van der Waals surface area contributed by atoms with E-state index < -0.39 is 0 Å². The van der Waals surface area contributed by atoms with Gasteiger partial charge in [0.15, 0.2) is 5.79 Å². The molecule has 0 radical (unpaired) electrons. The van der Waals surface area contributed by atoms with Crippen LogP contribution in [0.25, 0.3) is 0 Å². The van der Waals surface area contributed by atoms with Gasteiger partial charge in [0.25, 0.3) is 0 Å². The molecule has 0 bridgehead atoms. The van der Waals surface area contributed by atoms with Gasteiger partial charge in [-0.1, -0.05) is 0 Å². The second-order valence-electron chi connectivity index (χ2n) is 6.00. The Hall–Kier alpha value is -0.490. The molecule has 1 spiro atoms. The van der Waals surface area contributed by atoms with Crippen molar-refractivity contribution in [3.8, 4) is 0 Å². The molecule has 1 saturated carbocycles. The predicted molar refractivity (Wildman–Crippen MR) is 79.9 cm³/mol. The molecule has 1 aromatic rings. The van der Waals surface area contributed by atoms with E-state index in [1.54, 1.807) is 0 Å². The standard InChI is InChI=1S/C15H24N2O2S/c1-11-12(2)20-14(16-11)10-17(3)13-4-6-15(7-5-13)18-8-9-19-15/h13H,4-10H2,1-3H3. The van der Waals surface area contributed by atoms with Gasteiger partial charge in [0.1, 0.15) is 5.01 Å². The van der Waals surface area contributed by atoms with Gasteiger partial charge >= 0.3 is 0 Å². The van der Waals surface area contributed by atoms with Crippen LogP contribution in [-0.4, -0.2) is 42.0 Å². The van der Waals surface area contributed by atoms with Crippen LogP contribution in [0.2, 0.25) is 0 Å². The fourth-order valence-electron chi connectivity index (χ4n) is 3.22. The molecule has 1 saturated heterocycles. The predicted octanol–water partition coefficient (Wildman–Crippen LogP) is 2.88. The third-order valence-corrected chi connectivity index (χ3v) is 5.67. The van der Waals surface area contributed by atoms with Crippen molar-refractivity contribution in [1.29, 1.82) is 0 Å². The highest BCUT2D eigenvalue weighted by molar-refractivity contribution is 7.11. The van der Waals surface area contributed by atoms with Crippen LogP contribution in [0.1, 0.15) is 41.3 Å². The van der Waals surface area contributed by atoms with Crippen molar-refractivity contribution in [2.75, 3.05) is 20.3 Å². The summed E-state index contributed by atoms with van der Waals surface area (Å²) in [6.07, 6.45) is 4.36. The minimum absolute atomic E-state index is 0.244. The molecule has 2 heterocycles. The van der Waals surface area contributed by atoms with Gasteiger partial charge in [-0.3, -0.25) is 4.90 Å². The third-order valence-electron chi connectivity index (χ3n) is 4.61. The Morgan fingerprint density at radius 2 is 1.90 bits per heavy atom. The lowest BCUT2D eigenvalue weighted by molar-refractivity contribution is -0.183. The smallest absolute Gasteiger partial charge is 0.168 e. The van der Waals surface area contributed by atoms with Crippen molar-refractivity contribution >= 4 is 11.3 Å². The summed E-state index contributed by atoms with van der Waals surface area (Å²) in [6.45, 7) is 6.72. The van der Waals surface area contributed by atoms with E-state index in [-0.39, 0.29) is 5.79 Å². The summed E-state index contributed by atoms with van der Waals surface area (Å²) in [5.41, 5.74) is 1.17. The zero-order valence-electron chi connectivity index (χ0n) is 12.6. The van der Waals surface area contributed by atoms with Gasteiger partial charge in [-0.25, -0.2) is 4.98 Å². The Balaban J connectivity index is 1.54. The van der Waals surface area contributed by atoms with E-state index in [2.05, 4.69) is 30.8 Å². The molecule has 0 unspecified atom stereocenters. The molecular weight excluding hydrogens is 272 g/mol. The Labute approximate surface area is 125 Å². The Morgan fingerprint density at radius 3 is 2.45 bits per heavy atom. The summed E-state index contributed by atoms with van der Waals surface area (Å²) in [7, 11) is 2.21. The molecule has 4 nitrogen and oxygen atoms in total. The highest BCUT2D eigenvalue weighted by Gasteiger charge is 2.41. The van der Waals surface area contributed by atoms with E-state index >= 15 is 0 Å². The molecule has 2 fully saturated rings. The molecule has 20 heavy (non-hydrogen) atoms. The lowest BCUT2D eigenvalue weighted by Gasteiger charge is -2.38. The minimum atomic E-state index is -0.244. The maximum Gasteiger partial charge on any atom is 0.168 e. The van der Waals surface area contributed by atoms with Crippen LogP contribution in [0.15, 0.2) is 0 Å². The van der Waals surface area contributed by atoms with Crippen LogP contribution in [0.5, 0.6) is 0 Å². The monoisotopic (exact) mass is 296 g/mol. The van der Waals surface area contributed by atoms with E-state index in [4.69, 9.17) is 9.47 Å². The number of aryl methyl sites for hydroxylation is 2. The SMILES string of the molecule is Cc1nc(CN(C)C2CCC3(CC2)OCCO3)sc1C. The molecule has 1 aromatic heterocycles. The Morgan fingerprint density at radius 1 is 1.25 bits per heavy atom. The number of hydrogen-bond acceptors (Lipinski definition) is 5. The van der Waals surface area contributed by atoms with Crippen molar-refractivity contribution in [3.05, 3.63) is 15.6 Å². The zero-order chi connectivity index (χ0) is 14.2. The topological polar surface area (TPSA) is 34.6 Å². The third kappa shape index (κ3) is 2.91. The lowest BCUT2D eigenvalue weighted by Crippen LogP contribution is -2.42. The van der Waals surface area contributed by atoms with Crippen molar-refractivity contribution in [1.82, 2.24) is 9.88 Å². The number of rotatable bonds is 3. The maximum atomic E-state index is 5.80. The van der Waals surface area contributed by atoms with Crippen LogP contribution in [0.4, 0.5) is 0 Å². The van der Waals surface area contributed by atoms with Crippen LogP contribution in [-0.2, 0) is 16.0 Å². The molecule has 1 aliphatic carbocycles. The molecule has 0 aromatic carbocycles. The number of hydrogen-bond donors (Lipinski definition) is 0. The zero-order valence-corrected chi connectivity index (χ0v) is 13.5. The average molecular weight is 296 g/mol. The lowest BCUT2D eigenvalue weighted by atomic mass is 9.89. The highest BCUT2D eigenvalue weighted by Crippen LogP contribution is 2.37. The normalized spacial score (nSPS) is 23.0. The fraction of sp³-hybridized carbons (Fsp3) is 0.800. The second-order valence-corrected chi connectivity index (χ2v) is 7.29. The van der Waals surface area contributed by atoms with Gasteiger partial charge in [0, 0.05) is 23.8 Å². The molecule has 0 amide bonds. The van der Waals surface area contributed by atoms with Crippen LogP contribution in [0.3, 0.4) is 0 Å². The van der Waals surface area contributed by atoms with Gasteiger partial charge in [-0.05, 0) is 33.7 Å². The van der Waals surface area contributed by atoms with E-state index in [9.17, 15) is 0 Å².